The highest BCUT2D eigenvalue weighted by molar-refractivity contribution is 7.80. The lowest BCUT2D eigenvalue weighted by atomic mass is 9.94. The third-order valence-corrected chi connectivity index (χ3v) is 2.45. The van der Waals surface area contributed by atoms with Gasteiger partial charge in [0.25, 0.3) is 0 Å². The number of nitrogens with one attached hydrogen (secondary N) is 1. The highest BCUT2D eigenvalue weighted by Crippen LogP contribution is 2.14. The molecule has 1 amide bonds. The minimum atomic E-state index is -4.43. The van der Waals surface area contributed by atoms with Gasteiger partial charge in [0.1, 0.15) is 13.2 Å². The maximum Gasteiger partial charge on any atom is 0.411 e. The Hall–Kier alpha value is -0.890. The Morgan fingerprint density at radius 1 is 1.41 bits per heavy atom. The van der Waals surface area contributed by atoms with E-state index in [4.69, 9.17) is 18.0 Å². The van der Waals surface area contributed by atoms with Crippen molar-refractivity contribution in [3.63, 3.8) is 0 Å². The fraction of sp³-hybridized carbons (Fsp3) is 0.778. The van der Waals surface area contributed by atoms with Gasteiger partial charge in [0, 0.05) is 12.0 Å². The van der Waals surface area contributed by atoms with Crippen LogP contribution >= 0.6 is 12.2 Å². The summed E-state index contributed by atoms with van der Waals surface area (Å²) in [4.78, 5) is 11.3. The van der Waals surface area contributed by atoms with Crippen molar-refractivity contribution >= 4 is 23.1 Å². The predicted octanol–water partition coefficient (Wildman–Crippen LogP) is 0.994. The van der Waals surface area contributed by atoms with Gasteiger partial charge in [-0.15, -0.1) is 0 Å². The van der Waals surface area contributed by atoms with E-state index < -0.39 is 30.7 Å². The molecule has 0 aliphatic carbocycles. The van der Waals surface area contributed by atoms with Gasteiger partial charge in [-0.25, -0.2) is 0 Å². The van der Waals surface area contributed by atoms with E-state index in [0.29, 0.717) is 0 Å². The number of hydrogen-bond acceptors (Lipinski definition) is 3. The number of halogens is 3. The number of hydrogen-bond donors (Lipinski definition) is 2. The normalized spacial score (nSPS) is 12.3. The molecule has 0 aliphatic rings. The summed E-state index contributed by atoms with van der Waals surface area (Å²) >= 11 is 4.77. The van der Waals surface area contributed by atoms with E-state index in [1.807, 2.05) is 0 Å². The molecule has 0 heterocycles. The first-order valence-corrected chi connectivity index (χ1v) is 5.16. The standard InChI is InChI=1S/C9H15F3N2O2S/c1-8(2,7(13)17)4-14-6(15)3-16-5-9(10,11)12/h3-5H2,1-2H3,(H2,13,17)(H,14,15). The Bertz CT molecular complexity index is 292. The van der Waals surface area contributed by atoms with E-state index in [2.05, 4.69) is 10.1 Å². The Labute approximate surface area is 103 Å². The SMILES string of the molecule is CC(C)(CNC(=O)COCC(F)(F)F)C(N)=S. The number of rotatable bonds is 6. The smallest absolute Gasteiger partial charge is 0.393 e. The lowest BCUT2D eigenvalue weighted by molar-refractivity contribution is -0.175. The molecule has 0 aromatic carbocycles. The Balaban J connectivity index is 3.86. The van der Waals surface area contributed by atoms with Crippen LogP contribution < -0.4 is 11.1 Å². The lowest BCUT2D eigenvalue weighted by Gasteiger charge is -2.23. The molecule has 0 rings (SSSR count). The molecule has 4 nitrogen and oxygen atoms in total. The first-order valence-electron chi connectivity index (χ1n) is 4.76. The fourth-order valence-electron chi connectivity index (χ4n) is 0.717. The first-order chi connectivity index (χ1) is 7.54. The van der Waals surface area contributed by atoms with Crippen LogP contribution in [0.4, 0.5) is 13.2 Å². The third kappa shape index (κ3) is 7.92. The molecule has 0 radical (unpaired) electrons. The van der Waals surface area contributed by atoms with E-state index in [1.165, 1.54) is 0 Å². The highest BCUT2D eigenvalue weighted by Gasteiger charge is 2.28. The predicted molar refractivity (Wildman–Crippen MR) is 60.5 cm³/mol. The Morgan fingerprint density at radius 2 is 1.94 bits per heavy atom. The molecule has 0 aromatic rings. The number of carbonyl (C=O) groups excluding carboxylic acids is 1. The van der Waals surface area contributed by atoms with E-state index in [-0.39, 0.29) is 11.5 Å². The van der Waals surface area contributed by atoms with Crippen LogP contribution in [0.5, 0.6) is 0 Å². The molecule has 0 saturated heterocycles. The largest absolute Gasteiger partial charge is 0.411 e. The topological polar surface area (TPSA) is 64.3 Å². The minimum Gasteiger partial charge on any atom is -0.393 e. The minimum absolute atomic E-state index is 0.149. The summed E-state index contributed by atoms with van der Waals surface area (Å²) < 4.78 is 39.3. The first kappa shape index (κ1) is 16.1. The molecule has 0 aromatic heterocycles. The van der Waals surface area contributed by atoms with Crippen LogP contribution in [0, 0.1) is 5.41 Å². The summed E-state index contributed by atoms with van der Waals surface area (Å²) in [5, 5.41) is 2.39. The van der Waals surface area contributed by atoms with Crippen molar-refractivity contribution in [1.82, 2.24) is 5.32 Å². The third-order valence-electron chi connectivity index (χ3n) is 1.89. The van der Waals surface area contributed by atoms with Crippen LogP contribution in [-0.4, -0.2) is 36.8 Å². The molecule has 100 valence electrons. The van der Waals surface area contributed by atoms with Gasteiger partial charge in [-0.1, -0.05) is 26.1 Å². The summed E-state index contributed by atoms with van der Waals surface area (Å²) in [6, 6.07) is 0. The van der Waals surface area contributed by atoms with Crippen molar-refractivity contribution in [3.05, 3.63) is 0 Å². The number of alkyl halides is 3. The molecule has 0 saturated carbocycles. The average molecular weight is 272 g/mol. The van der Waals surface area contributed by atoms with Gasteiger partial charge < -0.3 is 15.8 Å². The Kier molecular flexibility index (Phi) is 5.83. The molecule has 17 heavy (non-hydrogen) atoms. The quantitative estimate of drug-likeness (QED) is 0.708. The summed E-state index contributed by atoms with van der Waals surface area (Å²) in [5.74, 6) is -0.640. The van der Waals surface area contributed by atoms with Crippen LogP contribution in [0.1, 0.15) is 13.8 Å². The second-order valence-electron chi connectivity index (χ2n) is 4.13. The van der Waals surface area contributed by atoms with Gasteiger partial charge in [0.05, 0.1) is 4.99 Å². The molecule has 0 fully saturated rings. The van der Waals surface area contributed by atoms with Crippen LogP contribution in [0.2, 0.25) is 0 Å². The van der Waals surface area contributed by atoms with Crippen molar-refractivity contribution in [3.8, 4) is 0 Å². The monoisotopic (exact) mass is 272 g/mol. The lowest BCUT2D eigenvalue weighted by Crippen LogP contribution is -2.42. The zero-order valence-electron chi connectivity index (χ0n) is 9.56. The second kappa shape index (κ2) is 6.15. The van der Waals surface area contributed by atoms with Crippen LogP contribution in [-0.2, 0) is 9.53 Å². The van der Waals surface area contributed by atoms with Crippen molar-refractivity contribution in [2.45, 2.75) is 20.0 Å². The number of thiocarbonyl (C=S) groups is 1. The highest BCUT2D eigenvalue weighted by atomic mass is 32.1. The van der Waals surface area contributed by atoms with Crippen LogP contribution in [0.25, 0.3) is 0 Å². The maximum atomic E-state index is 11.7. The summed E-state index contributed by atoms with van der Waals surface area (Å²) in [6.45, 7) is 1.49. The van der Waals surface area contributed by atoms with Crippen LogP contribution in [0.3, 0.4) is 0 Å². The van der Waals surface area contributed by atoms with E-state index >= 15 is 0 Å². The van der Waals surface area contributed by atoms with Gasteiger partial charge >= 0.3 is 6.18 Å². The van der Waals surface area contributed by atoms with E-state index in [1.54, 1.807) is 13.8 Å². The average Bonchev–Trinajstić information content (AvgIpc) is 2.12. The summed E-state index contributed by atoms with van der Waals surface area (Å²) in [7, 11) is 0. The second-order valence-corrected chi connectivity index (χ2v) is 4.57. The fourth-order valence-corrected chi connectivity index (χ4v) is 0.789. The van der Waals surface area contributed by atoms with Gasteiger partial charge in [0.2, 0.25) is 5.91 Å². The number of amides is 1. The van der Waals surface area contributed by atoms with E-state index in [0.717, 1.165) is 0 Å². The van der Waals surface area contributed by atoms with Gasteiger partial charge in [-0.3, -0.25) is 4.79 Å². The molecule has 0 aliphatic heterocycles. The van der Waals surface area contributed by atoms with Crippen LogP contribution in [0.15, 0.2) is 0 Å². The summed E-state index contributed by atoms with van der Waals surface area (Å²) in [5.41, 5.74) is 4.83. The van der Waals surface area contributed by atoms with Crippen molar-refractivity contribution in [1.29, 1.82) is 0 Å². The zero-order valence-corrected chi connectivity index (χ0v) is 10.4. The van der Waals surface area contributed by atoms with Gasteiger partial charge in [0.15, 0.2) is 0 Å². The van der Waals surface area contributed by atoms with E-state index in [9.17, 15) is 18.0 Å². The van der Waals surface area contributed by atoms with Crippen molar-refractivity contribution in [2.24, 2.45) is 11.1 Å². The van der Waals surface area contributed by atoms with Gasteiger partial charge in [-0.05, 0) is 0 Å². The summed E-state index contributed by atoms with van der Waals surface area (Å²) in [6.07, 6.45) is -4.43. The molecule has 0 bridgehead atoms. The number of nitrogens with two attached hydrogens (primary N) is 1. The van der Waals surface area contributed by atoms with Crippen molar-refractivity contribution < 1.29 is 22.7 Å². The zero-order chi connectivity index (χ0) is 13.7. The Morgan fingerprint density at radius 3 is 2.35 bits per heavy atom. The molecule has 0 unspecified atom stereocenters. The maximum absolute atomic E-state index is 11.7. The molecule has 3 N–H and O–H groups in total. The molecule has 0 atom stereocenters. The number of carbonyl (C=O) groups is 1. The van der Waals surface area contributed by atoms with Gasteiger partial charge in [-0.2, -0.15) is 13.2 Å². The molecular weight excluding hydrogens is 257 g/mol. The molecule has 8 heteroatoms. The van der Waals surface area contributed by atoms with Crippen molar-refractivity contribution in [2.75, 3.05) is 19.8 Å². The molecular formula is C9H15F3N2O2S. The molecule has 0 spiro atoms. The number of ether oxygens (including phenoxy) is 1.